The molecule has 23 heavy (non-hydrogen) atoms. The second-order valence-electron chi connectivity index (χ2n) is 6.01. The molecular formula is C17H19ClN2O2S. The third-order valence-corrected chi connectivity index (χ3v) is 5.51. The summed E-state index contributed by atoms with van der Waals surface area (Å²) in [5.74, 6) is 0.399. The Balaban J connectivity index is 2.14. The topological polar surface area (TPSA) is 52.0 Å². The van der Waals surface area contributed by atoms with Crippen molar-refractivity contribution in [1.82, 2.24) is 9.55 Å². The minimum absolute atomic E-state index is 0.0235. The molecule has 0 aliphatic heterocycles. The standard InChI is InChI=1S/C17H19ClN2O2S/c1-11(21)10-23-17-19-15-9-12(18)7-8-14(15)16(22)20(17)13-5-3-2-4-6-13/h7-9,13H,2-6,10H2,1H3. The number of aromatic nitrogens is 2. The summed E-state index contributed by atoms with van der Waals surface area (Å²) >= 11 is 7.37. The quantitative estimate of drug-likeness (QED) is 0.611. The third kappa shape index (κ3) is 3.61. The molecule has 0 atom stereocenters. The lowest BCUT2D eigenvalue weighted by molar-refractivity contribution is -0.114. The number of benzene rings is 1. The zero-order valence-corrected chi connectivity index (χ0v) is 14.6. The van der Waals surface area contributed by atoms with E-state index in [0.717, 1.165) is 25.7 Å². The van der Waals surface area contributed by atoms with E-state index in [4.69, 9.17) is 11.6 Å². The van der Waals surface area contributed by atoms with Crippen LogP contribution >= 0.6 is 23.4 Å². The number of carbonyl (C=O) groups excluding carboxylic acids is 1. The fraction of sp³-hybridized carbons (Fsp3) is 0.471. The Morgan fingerprint density at radius 3 is 2.78 bits per heavy atom. The molecule has 0 saturated heterocycles. The van der Waals surface area contributed by atoms with Crippen LogP contribution in [0.4, 0.5) is 0 Å². The Labute approximate surface area is 144 Å². The lowest BCUT2D eigenvalue weighted by Gasteiger charge is -2.26. The maximum Gasteiger partial charge on any atom is 0.262 e. The molecule has 1 heterocycles. The summed E-state index contributed by atoms with van der Waals surface area (Å²) in [4.78, 5) is 29.0. The van der Waals surface area contributed by atoms with Crippen LogP contribution in [0.2, 0.25) is 5.02 Å². The first kappa shape index (κ1) is 16.5. The van der Waals surface area contributed by atoms with Crippen LogP contribution in [0.15, 0.2) is 28.2 Å². The molecule has 0 radical (unpaired) electrons. The second-order valence-corrected chi connectivity index (χ2v) is 7.39. The summed E-state index contributed by atoms with van der Waals surface area (Å²) in [6.45, 7) is 1.55. The fourth-order valence-electron chi connectivity index (χ4n) is 3.08. The average molecular weight is 351 g/mol. The van der Waals surface area contributed by atoms with Crippen LogP contribution in [0.3, 0.4) is 0 Å². The summed E-state index contributed by atoms with van der Waals surface area (Å²) in [6.07, 6.45) is 5.47. The molecule has 1 aliphatic rings. The summed E-state index contributed by atoms with van der Waals surface area (Å²) in [5, 5.41) is 1.78. The Kier molecular flexibility index (Phi) is 5.07. The van der Waals surface area contributed by atoms with Crippen molar-refractivity contribution >= 4 is 40.0 Å². The minimum Gasteiger partial charge on any atom is -0.299 e. The number of ketones is 1. The van der Waals surface area contributed by atoms with Gasteiger partial charge in [-0.2, -0.15) is 0 Å². The summed E-state index contributed by atoms with van der Waals surface area (Å²) in [5.41, 5.74) is 0.574. The first-order chi connectivity index (χ1) is 11.1. The molecule has 1 aliphatic carbocycles. The van der Waals surface area contributed by atoms with E-state index in [2.05, 4.69) is 4.98 Å². The predicted molar refractivity (Wildman–Crippen MR) is 94.5 cm³/mol. The van der Waals surface area contributed by atoms with Crippen molar-refractivity contribution in [2.75, 3.05) is 5.75 Å². The van der Waals surface area contributed by atoms with Crippen LogP contribution < -0.4 is 5.56 Å². The molecule has 0 N–H and O–H groups in total. The molecule has 0 amide bonds. The Hall–Kier alpha value is -1.33. The molecule has 6 heteroatoms. The van der Waals surface area contributed by atoms with Gasteiger partial charge in [-0.05, 0) is 38.0 Å². The van der Waals surface area contributed by atoms with Crippen molar-refractivity contribution in [2.45, 2.75) is 50.2 Å². The minimum atomic E-state index is -0.0235. The predicted octanol–water partition coefficient (Wildman–Crippen LogP) is 4.24. The van der Waals surface area contributed by atoms with Gasteiger partial charge in [0.15, 0.2) is 5.16 Å². The van der Waals surface area contributed by atoms with E-state index in [0.29, 0.717) is 26.8 Å². The second kappa shape index (κ2) is 7.05. The van der Waals surface area contributed by atoms with Crippen molar-refractivity contribution in [2.24, 2.45) is 0 Å². The lowest BCUT2D eigenvalue weighted by atomic mass is 9.95. The number of carbonyl (C=O) groups is 1. The zero-order chi connectivity index (χ0) is 16.4. The van der Waals surface area contributed by atoms with Crippen LogP contribution in [0.1, 0.15) is 45.1 Å². The average Bonchev–Trinajstić information content (AvgIpc) is 2.53. The molecule has 1 saturated carbocycles. The number of hydrogen-bond donors (Lipinski definition) is 0. The first-order valence-corrected chi connectivity index (χ1v) is 9.26. The maximum atomic E-state index is 13.0. The molecule has 1 aromatic heterocycles. The van der Waals surface area contributed by atoms with Crippen molar-refractivity contribution in [3.05, 3.63) is 33.6 Å². The first-order valence-electron chi connectivity index (χ1n) is 7.90. The van der Waals surface area contributed by atoms with Gasteiger partial charge in [0, 0.05) is 11.1 Å². The molecule has 4 nitrogen and oxygen atoms in total. The van der Waals surface area contributed by atoms with Crippen LogP contribution in [0.5, 0.6) is 0 Å². The third-order valence-electron chi connectivity index (χ3n) is 4.18. The van der Waals surface area contributed by atoms with E-state index in [1.807, 2.05) is 4.57 Å². The van der Waals surface area contributed by atoms with Gasteiger partial charge >= 0.3 is 0 Å². The van der Waals surface area contributed by atoms with Gasteiger partial charge < -0.3 is 0 Å². The number of hydrogen-bond acceptors (Lipinski definition) is 4. The SMILES string of the molecule is CC(=O)CSc1nc2cc(Cl)ccc2c(=O)n1C1CCCCC1. The molecule has 0 bridgehead atoms. The summed E-state index contributed by atoms with van der Waals surface area (Å²) in [6, 6.07) is 5.35. The van der Waals surface area contributed by atoms with Crippen molar-refractivity contribution in [3.8, 4) is 0 Å². The number of fused-ring (bicyclic) bond motifs is 1. The highest BCUT2D eigenvalue weighted by Gasteiger charge is 2.22. The number of nitrogens with zero attached hydrogens (tertiary/aromatic N) is 2. The molecule has 0 spiro atoms. The number of rotatable bonds is 4. The number of halogens is 1. The Morgan fingerprint density at radius 1 is 1.35 bits per heavy atom. The Morgan fingerprint density at radius 2 is 2.09 bits per heavy atom. The normalized spacial score (nSPS) is 15.9. The van der Waals surface area contributed by atoms with Gasteiger partial charge in [-0.1, -0.05) is 42.6 Å². The van der Waals surface area contributed by atoms with Crippen molar-refractivity contribution < 1.29 is 4.79 Å². The smallest absolute Gasteiger partial charge is 0.262 e. The molecule has 0 unspecified atom stereocenters. The van der Waals surface area contributed by atoms with Gasteiger partial charge in [0.2, 0.25) is 0 Å². The number of thioether (sulfide) groups is 1. The van der Waals surface area contributed by atoms with Crippen LogP contribution in [-0.2, 0) is 4.79 Å². The van der Waals surface area contributed by atoms with E-state index < -0.39 is 0 Å². The van der Waals surface area contributed by atoms with Gasteiger partial charge in [0.1, 0.15) is 5.78 Å². The molecule has 122 valence electrons. The van der Waals surface area contributed by atoms with Gasteiger partial charge in [0.05, 0.1) is 16.7 Å². The van der Waals surface area contributed by atoms with E-state index in [1.165, 1.54) is 18.2 Å². The van der Waals surface area contributed by atoms with Crippen LogP contribution in [0.25, 0.3) is 10.9 Å². The van der Waals surface area contributed by atoms with Gasteiger partial charge in [-0.3, -0.25) is 14.2 Å². The van der Waals surface area contributed by atoms with E-state index in [9.17, 15) is 9.59 Å². The largest absolute Gasteiger partial charge is 0.299 e. The number of Topliss-reactive ketones (excluding diaryl/α,β-unsaturated/α-hetero) is 1. The molecule has 1 fully saturated rings. The summed E-state index contributed by atoms with van der Waals surface area (Å²) in [7, 11) is 0. The van der Waals surface area contributed by atoms with Crippen molar-refractivity contribution in [1.29, 1.82) is 0 Å². The van der Waals surface area contributed by atoms with Crippen molar-refractivity contribution in [3.63, 3.8) is 0 Å². The van der Waals surface area contributed by atoms with Gasteiger partial charge in [-0.15, -0.1) is 0 Å². The molecular weight excluding hydrogens is 332 g/mol. The molecule has 1 aromatic carbocycles. The van der Waals surface area contributed by atoms with E-state index >= 15 is 0 Å². The highest BCUT2D eigenvalue weighted by atomic mass is 35.5. The highest BCUT2D eigenvalue weighted by molar-refractivity contribution is 7.99. The fourth-order valence-corrected chi connectivity index (χ4v) is 4.11. The van der Waals surface area contributed by atoms with Gasteiger partial charge in [-0.25, -0.2) is 4.98 Å². The van der Waals surface area contributed by atoms with Gasteiger partial charge in [0.25, 0.3) is 5.56 Å². The maximum absolute atomic E-state index is 13.0. The van der Waals surface area contributed by atoms with Crippen LogP contribution in [-0.4, -0.2) is 21.1 Å². The molecule has 2 aromatic rings. The highest BCUT2D eigenvalue weighted by Crippen LogP contribution is 2.31. The van der Waals surface area contributed by atoms with E-state index in [-0.39, 0.29) is 17.4 Å². The van der Waals surface area contributed by atoms with E-state index in [1.54, 1.807) is 25.1 Å². The molecule has 3 rings (SSSR count). The zero-order valence-electron chi connectivity index (χ0n) is 13.0. The summed E-state index contributed by atoms with van der Waals surface area (Å²) < 4.78 is 1.81. The van der Waals surface area contributed by atoms with Crippen LogP contribution in [0, 0.1) is 0 Å². The monoisotopic (exact) mass is 350 g/mol. The lowest BCUT2D eigenvalue weighted by Crippen LogP contribution is -2.29. The Bertz CT molecular complexity index is 797.